The summed E-state index contributed by atoms with van der Waals surface area (Å²) in [5.41, 5.74) is 6.95. The van der Waals surface area contributed by atoms with Gasteiger partial charge in [-0.25, -0.2) is 0 Å². The van der Waals surface area contributed by atoms with Crippen molar-refractivity contribution < 1.29 is 9.90 Å². The molecule has 0 saturated heterocycles. The first-order chi connectivity index (χ1) is 9.47. The van der Waals surface area contributed by atoms with Crippen molar-refractivity contribution in [3.63, 3.8) is 0 Å². The Morgan fingerprint density at radius 2 is 2.00 bits per heavy atom. The molecule has 4 N–H and O–H groups in total. The molecule has 2 aromatic carbocycles. The highest BCUT2D eigenvalue weighted by molar-refractivity contribution is 9.10. The number of halogens is 1. The van der Waals surface area contributed by atoms with E-state index in [9.17, 15) is 9.90 Å². The van der Waals surface area contributed by atoms with Crippen LogP contribution < -0.4 is 11.1 Å². The Morgan fingerprint density at radius 1 is 1.25 bits per heavy atom. The topological polar surface area (TPSA) is 75.3 Å². The van der Waals surface area contributed by atoms with Gasteiger partial charge in [-0.3, -0.25) is 4.79 Å². The van der Waals surface area contributed by atoms with Gasteiger partial charge in [-0.05, 0) is 30.3 Å². The van der Waals surface area contributed by atoms with E-state index in [1.54, 1.807) is 30.3 Å². The third kappa shape index (κ3) is 3.34. The van der Waals surface area contributed by atoms with Gasteiger partial charge in [-0.1, -0.05) is 40.3 Å². The van der Waals surface area contributed by atoms with E-state index < -0.39 is 5.91 Å². The minimum atomic E-state index is -0.407. The van der Waals surface area contributed by atoms with Gasteiger partial charge in [0.25, 0.3) is 5.91 Å². The first kappa shape index (κ1) is 14.5. The molecule has 0 aromatic heterocycles. The highest BCUT2D eigenvalue weighted by atomic mass is 79.9. The Labute approximate surface area is 129 Å². The first-order valence-electron chi connectivity index (χ1n) is 5.67. The fraction of sp³-hybridized carbons (Fsp3) is 0. The average Bonchev–Trinajstić information content (AvgIpc) is 2.38. The highest BCUT2D eigenvalue weighted by Gasteiger charge is 2.11. The maximum Gasteiger partial charge on any atom is 0.259 e. The molecule has 0 radical (unpaired) electrons. The van der Waals surface area contributed by atoms with Crippen molar-refractivity contribution in [3.8, 4) is 5.75 Å². The summed E-state index contributed by atoms with van der Waals surface area (Å²) in [6, 6.07) is 11.6. The van der Waals surface area contributed by atoms with Gasteiger partial charge in [0.2, 0.25) is 0 Å². The van der Waals surface area contributed by atoms with E-state index >= 15 is 0 Å². The Bertz CT molecular complexity index is 689. The van der Waals surface area contributed by atoms with E-state index in [2.05, 4.69) is 21.2 Å². The molecule has 0 aliphatic heterocycles. The summed E-state index contributed by atoms with van der Waals surface area (Å²) in [6.07, 6.45) is 0. The SMILES string of the molecule is NC(=S)c1cccc(NC(=O)c2ccc(Br)cc2O)c1. The highest BCUT2D eigenvalue weighted by Crippen LogP contribution is 2.23. The largest absolute Gasteiger partial charge is 0.507 e. The lowest BCUT2D eigenvalue weighted by molar-refractivity contribution is 0.102. The number of hydrogen-bond acceptors (Lipinski definition) is 3. The van der Waals surface area contributed by atoms with E-state index in [-0.39, 0.29) is 16.3 Å². The monoisotopic (exact) mass is 350 g/mol. The smallest absolute Gasteiger partial charge is 0.259 e. The zero-order valence-corrected chi connectivity index (χ0v) is 12.7. The molecule has 2 aromatic rings. The first-order valence-corrected chi connectivity index (χ1v) is 6.87. The molecule has 0 heterocycles. The van der Waals surface area contributed by atoms with Crippen LogP contribution in [0.1, 0.15) is 15.9 Å². The Kier molecular flexibility index (Phi) is 4.36. The fourth-order valence-electron chi connectivity index (χ4n) is 1.65. The summed E-state index contributed by atoms with van der Waals surface area (Å²) >= 11 is 8.10. The van der Waals surface area contributed by atoms with Crippen LogP contribution in [-0.2, 0) is 0 Å². The lowest BCUT2D eigenvalue weighted by atomic mass is 10.1. The molecule has 20 heavy (non-hydrogen) atoms. The van der Waals surface area contributed by atoms with Crippen LogP contribution in [0.5, 0.6) is 5.75 Å². The number of hydrogen-bond donors (Lipinski definition) is 3. The van der Waals surface area contributed by atoms with Gasteiger partial charge in [0, 0.05) is 15.7 Å². The van der Waals surface area contributed by atoms with Gasteiger partial charge in [0.15, 0.2) is 0 Å². The van der Waals surface area contributed by atoms with Gasteiger partial charge >= 0.3 is 0 Å². The zero-order valence-electron chi connectivity index (χ0n) is 10.3. The lowest BCUT2D eigenvalue weighted by Crippen LogP contribution is -2.14. The average molecular weight is 351 g/mol. The third-order valence-electron chi connectivity index (χ3n) is 2.61. The predicted molar refractivity (Wildman–Crippen MR) is 86.1 cm³/mol. The van der Waals surface area contributed by atoms with Crippen LogP contribution in [0.2, 0.25) is 0 Å². The molecule has 102 valence electrons. The van der Waals surface area contributed by atoms with Crippen molar-refractivity contribution in [2.75, 3.05) is 5.32 Å². The van der Waals surface area contributed by atoms with Crippen LogP contribution in [0.4, 0.5) is 5.69 Å². The molecule has 0 fully saturated rings. The summed E-state index contributed by atoms with van der Waals surface area (Å²) in [4.78, 5) is 12.3. The quantitative estimate of drug-likeness (QED) is 0.743. The molecule has 6 heteroatoms. The number of amides is 1. The number of carbonyl (C=O) groups excluding carboxylic acids is 1. The number of phenols is 1. The van der Waals surface area contributed by atoms with Crippen LogP contribution in [0, 0.1) is 0 Å². The van der Waals surface area contributed by atoms with Crippen molar-refractivity contribution in [2.24, 2.45) is 5.73 Å². The van der Waals surface area contributed by atoms with Crippen LogP contribution in [0.25, 0.3) is 0 Å². The van der Waals surface area contributed by atoms with E-state index in [1.807, 2.05) is 0 Å². The molecule has 0 saturated carbocycles. The normalized spacial score (nSPS) is 10.1. The summed E-state index contributed by atoms with van der Waals surface area (Å²) < 4.78 is 0.696. The second-order valence-corrected chi connectivity index (χ2v) is 5.42. The molecule has 1 amide bonds. The Hall–Kier alpha value is -1.92. The predicted octanol–water partition coefficient (Wildman–Crippen LogP) is 3.04. The molecule has 0 bridgehead atoms. The fourth-order valence-corrected chi connectivity index (χ4v) is 2.12. The Morgan fingerprint density at radius 3 is 2.65 bits per heavy atom. The summed E-state index contributed by atoms with van der Waals surface area (Å²) in [7, 11) is 0. The zero-order chi connectivity index (χ0) is 14.7. The molecule has 0 aliphatic rings. The van der Waals surface area contributed by atoms with Gasteiger partial charge in [0.05, 0.1) is 5.56 Å². The minimum Gasteiger partial charge on any atom is -0.507 e. The summed E-state index contributed by atoms with van der Waals surface area (Å²) in [6.45, 7) is 0. The van der Waals surface area contributed by atoms with Gasteiger partial charge in [-0.15, -0.1) is 0 Å². The van der Waals surface area contributed by atoms with E-state index in [4.69, 9.17) is 18.0 Å². The number of carbonyl (C=O) groups is 1. The number of benzene rings is 2. The van der Waals surface area contributed by atoms with Crippen LogP contribution in [-0.4, -0.2) is 16.0 Å². The number of phenolic OH excluding ortho intramolecular Hbond substituents is 1. The molecular formula is C14H11BrN2O2S. The third-order valence-corrected chi connectivity index (χ3v) is 3.34. The number of thiocarbonyl (C=S) groups is 1. The lowest BCUT2D eigenvalue weighted by Gasteiger charge is -2.08. The number of anilines is 1. The second kappa shape index (κ2) is 6.02. The summed E-state index contributed by atoms with van der Waals surface area (Å²) in [5, 5.41) is 12.4. The number of rotatable bonds is 3. The molecular weight excluding hydrogens is 340 g/mol. The maximum atomic E-state index is 12.1. The van der Waals surface area contributed by atoms with Crippen LogP contribution in [0.15, 0.2) is 46.9 Å². The number of nitrogens with two attached hydrogens (primary N) is 1. The van der Waals surface area contributed by atoms with Gasteiger partial charge in [0.1, 0.15) is 10.7 Å². The van der Waals surface area contributed by atoms with Crippen LogP contribution in [0.3, 0.4) is 0 Å². The van der Waals surface area contributed by atoms with Crippen molar-refractivity contribution in [1.29, 1.82) is 0 Å². The minimum absolute atomic E-state index is 0.0950. The van der Waals surface area contributed by atoms with E-state index in [0.717, 1.165) is 0 Å². The van der Waals surface area contributed by atoms with Gasteiger partial charge < -0.3 is 16.2 Å². The Balaban J connectivity index is 2.23. The standard InChI is InChI=1S/C14H11BrN2O2S/c15-9-4-5-11(12(18)7-9)14(19)17-10-3-1-2-8(6-10)13(16)20/h1-7,18H,(H2,16,20)(H,17,19). The molecule has 2 rings (SSSR count). The van der Waals surface area contributed by atoms with E-state index in [1.165, 1.54) is 12.1 Å². The number of nitrogens with one attached hydrogen (secondary N) is 1. The van der Waals surface area contributed by atoms with Crippen molar-refractivity contribution >= 4 is 44.7 Å². The molecule has 4 nitrogen and oxygen atoms in total. The molecule has 0 spiro atoms. The van der Waals surface area contributed by atoms with Crippen molar-refractivity contribution in [1.82, 2.24) is 0 Å². The van der Waals surface area contributed by atoms with Crippen molar-refractivity contribution in [3.05, 3.63) is 58.1 Å². The number of aromatic hydroxyl groups is 1. The van der Waals surface area contributed by atoms with Crippen LogP contribution >= 0.6 is 28.1 Å². The summed E-state index contributed by atoms with van der Waals surface area (Å²) in [5.74, 6) is -0.502. The van der Waals surface area contributed by atoms with E-state index in [0.29, 0.717) is 15.7 Å². The second-order valence-electron chi connectivity index (χ2n) is 4.06. The molecule has 0 atom stereocenters. The van der Waals surface area contributed by atoms with Gasteiger partial charge in [-0.2, -0.15) is 0 Å². The molecule has 0 unspecified atom stereocenters. The molecule has 0 aliphatic carbocycles. The maximum absolute atomic E-state index is 12.1. The van der Waals surface area contributed by atoms with Crippen molar-refractivity contribution in [2.45, 2.75) is 0 Å².